The molecule has 0 aliphatic carbocycles. The van der Waals surface area contributed by atoms with Crippen molar-refractivity contribution in [2.45, 2.75) is 51.1 Å². The number of ether oxygens (including phenoxy) is 2. The molecule has 32 heavy (non-hydrogen) atoms. The van der Waals surface area contributed by atoms with E-state index < -0.39 is 18.1 Å². The van der Waals surface area contributed by atoms with Crippen LogP contribution in [-0.2, 0) is 30.3 Å². The predicted octanol–water partition coefficient (Wildman–Crippen LogP) is 1.73. The monoisotopic (exact) mass is 443 g/mol. The van der Waals surface area contributed by atoms with Gasteiger partial charge in [0, 0.05) is 44.2 Å². The second kappa shape index (κ2) is 9.58. The highest BCUT2D eigenvalue weighted by Gasteiger charge is 2.44. The summed E-state index contributed by atoms with van der Waals surface area (Å²) in [5.41, 5.74) is 2.11. The van der Waals surface area contributed by atoms with E-state index in [9.17, 15) is 19.2 Å². The molecule has 4 rings (SSSR count). The van der Waals surface area contributed by atoms with Crippen LogP contribution in [0.5, 0.6) is 0 Å². The molecule has 2 fully saturated rings. The zero-order chi connectivity index (χ0) is 22.7. The summed E-state index contributed by atoms with van der Waals surface area (Å²) in [6, 6.07) is 6.96. The van der Waals surface area contributed by atoms with Gasteiger partial charge in [0.05, 0.1) is 6.61 Å². The van der Waals surface area contributed by atoms with Crippen LogP contribution < -0.4 is 4.90 Å². The van der Waals surface area contributed by atoms with Crippen LogP contribution in [0.3, 0.4) is 0 Å². The van der Waals surface area contributed by atoms with E-state index in [0.29, 0.717) is 32.5 Å². The van der Waals surface area contributed by atoms with Gasteiger partial charge in [0.1, 0.15) is 6.61 Å². The second-order valence-electron chi connectivity index (χ2n) is 8.29. The lowest BCUT2D eigenvalue weighted by molar-refractivity contribution is -0.149. The highest BCUT2D eigenvalue weighted by Crippen LogP contribution is 2.28. The summed E-state index contributed by atoms with van der Waals surface area (Å²) in [6.45, 7) is 3.57. The first-order valence-corrected chi connectivity index (χ1v) is 11.3. The maximum absolute atomic E-state index is 12.7. The Hall–Kier alpha value is -3.10. The van der Waals surface area contributed by atoms with E-state index in [-0.39, 0.29) is 43.9 Å². The Morgan fingerprint density at radius 3 is 2.53 bits per heavy atom. The number of rotatable bonds is 6. The van der Waals surface area contributed by atoms with Crippen LogP contribution in [0.1, 0.15) is 38.2 Å². The van der Waals surface area contributed by atoms with Gasteiger partial charge < -0.3 is 19.3 Å². The standard InChI is InChI=1S/C23H29N3O6/c1-2-31-22(29)19-15-32-23(30)26(19)17-10-12-24(13-11-17)20(27)7-8-21(28)25-14-9-16-5-3-4-6-18(16)25/h3-6,17,19H,2,7-15H2,1H3. The molecule has 1 atom stereocenters. The second-order valence-corrected chi connectivity index (χ2v) is 8.29. The maximum atomic E-state index is 12.7. The minimum Gasteiger partial charge on any atom is -0.464 e. The maximum Gasteiger partial charge on any atom is 0.410 e. The fourth-order valence-electron chi connectivity index (χ4n) is 4.75. The molecule has 1 aromatic carbocycles. The van der Waals surface area contributed by atoms with Crippen molar-refractivity contribution in [2.75, 3.05) is 37.7 Å². The molecule has 0 aromatic heterocycles. The summed E-state index contributed by atoms with van der Waals surface area (Å²) in [7, 11) is 0. The highest BCUT2D eigenvalue weighted by molar-refractivity contribution is 5.97. The predicted molar refractivity (Wildman–Crippen MR) is 115 cm³/mol. The van der Waals surface area contributed by atoms with Crippen LogP contribution in [-0.4, -0.2) is 78.6 Å². The number of carbonyl (C=O) groups is 4. The number of amides is 3. The Kier molecular flexibility index (Phi) is 6.62. The molecule has 172 valence electrons. The fraction of sp³-hybridized carbons (Fsp3) is 0.565. The van der Waals surface area contributed by atoms with Crippen LogP contribution in [0.2, 0.25) is 0 Å². The number of hydrogen-bond acceptors (Lipinski definition) is 6. The molecule has 3 aliphatic heterocycles. The van der Waals surface area contributed by atoms with E-state index in [1.54, 1.807) is 16.7 Å². The lowest BCUT2D eigenvalue weighted by Gasteiger charge is -2.37. The summed E-state index contributed by atoms with van der Waals surface area (Å²) in [5, 5.41) is 0. The fourth-order valence-corrected chi connectivity index (χ4v) is 4.75. The number of anilines is 1. The van der Waals surface area contributed by atoms with Crippen LogP contribution in [0, 0.1) is 0 Å². The minimum atomic E-state index is -0.726. The SMILES string of the molecule is CCOC(=O)C1COC(=O)N1C1CCN(C(=O)CCC(=O)N2CCc3ccccc32)CC1. The van der Waals surface area contributed by atoms with Crippen LogP contribution in [0.4, 0.5) is 10.5 Å². The van der Waals surface area contributed by atoms with Crippen molar-refractivity contribution < 1.29 is 28.7 Å². The van der Waals surface area contributed by atoms with Crippen molar-refractivity contribution >= 4 is 29.6 Å². The number of esters is 1. The van der Waals surface area contributed by atoms with Crippen LogP contribution in [0.25, 0.3) is 0 Å². The first kappa shape index (κ1) is 22.1. The molecular weight excluding hydrogens is 414 g/mol. The molecule has 1 aromatic rings. The number of para-hydroxylation sites is 1. The summed E-state index contributed by atoms with van der Waals surface area (Å²) in [6.07, 6.45) is 1.80. The third kappa shape index (κ3) is 4.42. The Labute approximate surface area is 187 Å². The van der Waals surface area contributed by atoms with E-state index in [0.717, 1.165) is 17.7 Å². The molecule has 0 N–H and O–H groups in total. The topological polar surface area (TPSA) is 96.5 Å². The van der Waals surface area contributed by atoms with Gasteiger partial charge in [-0.3, -0.25) is 14.5 Å². The number of piperidine rings is 1. The van der Waals surface area contributed by atoms with Crippen molar-refractivity contribution in [1.82, 2.24) is 9.80 Å². The summed E-state index contributed by atoms with van der Waals surface area (Å²) < 4.78 is 10.1. The van der Waals surface area contributed by atoms with Crippen molar-refractivity contribution in [3.05, 3.63) is 29.8 Å². The molecule has 3 amide bonds. The van der Waals surface area contributed by atoms with Crippen molar-refractivity contribution in [3.8, 4) is 0 Å². The molecule has 1 unspecified atom stereocenters. The van der Waals surface area contributed by atoms with Crippen LogP contribution >= 0.6 is 0 Å². The summed E-state index contributed by atoms with van der Waals surface area (Å²) >= 11 is 0. The van der Waals surface area contributed by atoms with Gasteiger partial charge in [0.15, 0.2) is 6.04 Å². The highest BCUT2D eigenvalue weighted by atomic mass is 16.6. The molecular formula is C23H29N3O6. The van der Waals surface area contributed by atoms with E-state index in [4.69, 9.17) is 9.47 Å². The molecule has 0 spiro atoms. The average Bonchev–Trinajstić information content (AvgIpc) is 3.41. The molecule has 0 bridgehead atoms. The minimum absolute atomic E-state index is 0.00144. The Morgan fingerprint density at radius 2 is 1.78 bits per heavy atom. The number of benzene rings is 1. The molecule has 3 aliphatic rings. The first-order chi connectivity index (χ1) is 15.5. The van der Waals surface area contributed by atoms with Gasteiger partial charge in [-0.25, -0.2) is 9.59 Å². The largest absolute Gasteiger partial charge is 0.464 e. The van der Waals surface area contributed by atoms with E-state index in [1.807, 2.05) is 24.3 Å². The third-order valence-corrected chi connectivity index (χ3v) is 6.42. The Morgan fingerprint density at radius 1 is 1.06 bits per heavy atom. The first-order valence-electron chi connectivity index (χ1n) is 11.3. The van der Waals surface area contributed by atoms with Gasteiger partial charge >= 0.3 is 12.1 Å². The van der Waals surface area contributed by atoms with Crippen molar-refractivity contribution in [3.63, 3.8) is 0 Å². The lowest BCUT2D eigenvalue weighted by atomic mass is 10.0. The van der Waals surface area contributed by atoms with Gasteiger partial charge in [0.2, 0.25) is 11.8 Å². The van der Waals surface area contributed by atoms with Gasteiger partial charge in [-0.1, -0.05) is 18.2 Å². The third-order valence-electron chi connectivity index (χ3n) is 6.42. The molecule has 9 heteroatoms. The number of hydrogen-bond donors (Lipinski definition) is 0. The number of likely N-dealkylation sites (tertiary alicyclic amines) is 1. The van der Waals surface area contributed by atoms with E-state index in [2.05, 4.69) is 0 Å². The van der Waals surface area contributed by atoms with Crippen molar-refractivity contribution in [2.24, 2.45) is 0 Å². The number of carbonyl (C=O) groups excluding carboxylic acids is 4. The average molecular weight is 444 g/mol. The Bertz CT molecular complexity index is 895. The number of fused-ring (bicyclic) bond motifs is 1. The van der Waals surface area contributed by atoms with Gasteiger partial charge in [-0.05, 0) is 37.8 Å². The normalized spacial score (nSPS) is 20.8. The summed E-state index contributed by atoms with van der Waals surface area (Å²) in [4.78, 5) is 54.7. The summed E-state index contributed by atoms with van der Waals surface area (Å²) in [5.74, 6) is -0.552. The van der Waals surface area contributed by atoms with Gasteiger partial charge in [-0.2, -0.15) is 0 Å². The van der Waals surface area contributed by atoms with Crippen molar-refractivity contribution in [1.29, 1.82) is 0 Å². The Balaban J connectivity index is 1.26. The molecule has 0 saturated carbocycles. The zero-order valence-electron chi connectivity index (χ0n) is 18.3. The molecule has 9 nitrogen and oxygen atoms in total. The van der Waals surface area contributed by atoms with Gasteiger partial charge in [-0.15, -0.1) is 0 Å². The zero-order valence-corrected chi connectivity index (χ0v) is 18.3. The molecule has 3 heterocycles. The van der Waals surface area contributed by atoms with E-state index in [1.165, 1.54) is 4.90 Å². The number of cyclic esters (lactones) is 1. The smallest absolute Gasteiger partial charge is 0.410 e. The molecule has 2 saturated heterocycles. The van der Waals surface area contributed by atoms with E-state index >= 15 is 0 Å². The lowest BCUT2D eigenvalue weighted by Crippen LogP contribution is -2.52. The molecule has 0 radical (unpaired) electrons. The quantitative estimate of drug-likeness (QED) is 0.622. The van der Waals surface area contributed by atoms with Crippen LogP contribution in [0.15, 0.2) is 24.3 Å². The number of nitrogens with zero attached hydrogens (tertiary/aromatic N) is 3. The van der Waals surface area contributed by atoms with Gasteiger partial charge in [0.25, 0.3) is 0 Å².